The van der Waals surface area contributed by atoms with Gasteiger partial charge in [0.05, 0.1) is 27.8 Å². The van der Waals surface area contributed by atoms with Crippen molar-refractivity contribution in [2.24, 2.45) is 0 Å². The molecule has 13 aromatic carbocycles. The van der Waals surface area contributed by atoms with Crippen molar-refractivity contribution in [2.45, 2.75) is 39.2 Å². The minimum absolute atomic E-state index is 0.0651. The molecule has 2 nitrogen and oxygen atoms in total. The highest BCUT2D eigenvalue weighted by molar-refractivity contribution is 8.34. The molecule has 0 saturated carbocycles. The quantitative estimate of drug-likeness (QED) is 0.108. The minimum Gasteiger partial charge on any atom is -0.309 e. The van der Waals surface area contributed by atoms with Crippen LogP contribution in [0.3, 0.4) is 0 Å². The lowest BCUT2D eigenvalue weighted by atomic mass is 9.58. The summed E-state index contributed by atoms with van der Waals surface area (Å²) in [5.74, 6) is 0. The van der Waals surface area contributed by atoms with E-state index in [0.29, 0.717) is 27.9 Å². The molecular formula is C78H46B10N2S2. The van der Waals surface area contributed by atoms with Crippen LogP contribution in [0, 0.1) is 0 Å². The third-order valence-electron chi connectivity index (χ3n) is 18.1. The maximum atomic E-state index is 7.49. The summed E-state index contributed by atoms with van der Waals surface area (Å²) in [6.45, 7) is 0. The standard InChI is InChI=1S/C78H46B10N2S2/c79-68-66(69(80)73(84)76(87)72(68)83)60-45-55(92(51-29-13-4-14-30-51,52-31-15-5-16-32-52)53-33-17-6-18-34-53)46-61(67-70(81)74(85)77(88)75(86)71(67)82)78(60)90-64-41-39-47(89-62-37-21-19-35-56(62)57-36-20-22-38-63(57)89)43-58(64)59-44-54(40-42-65(59)90)91(48-23-7-1-8-24-48,49-25-9-2-10-26-49)50-27-11-3-12-28-50/h1-46H. The molecule has 2 aromatic heterocycles. The predicted octanol–water partition coefficient (Wildman–Crippen LogP) is 9.83. The molecule has 0 spiro atoms. The van der Waals surface area contributed by atoms with Crippen LogP contribution < -0.4 is 54.6 Å². The van der Waals surface area contributed by atoms with Crippen molar-refractivity contribution in [1.29, 1.82) is 0 Å². The largest absolute Gasteiger partial charge is 0.309 e. The Labute approximate surface area is 553 Å². The van der Waals surface area contributed by atoms with Gasteiger partial charge in [0.1, 0.15) is 78.5 Å². The first-order valence-corrected chi connectivity index (χ1v) is 33.4. The van der Waals surface area contributed by atoms with Crippen molar-refractivity contribution in [3.8, 4) is 33.6 Å². The molecule has 0 aliphatic rings. The number of benzene rings is 13. The lowest BCUT2D eigenvalue weighted by Gasteiger charge is -2.43. The van der Waals surface area contributed by atoms with Gasteiger partial charge in [-0.25, -0.2) is 0 Å². The number of nitrogens with zero attached hydrogens (tertiary/aromatic N) is 2. The van der Waals surface area contributed by atoms with Gasteiger partial charge in [-0.15, -0.1) is 52.8 Å². The summed E-state index contributed by atoms with van der Waals surface area (Å²) in [6.07, 6.45) is 0. The van der Waals surface area contributed by atoms with Crippen molar-refractivity contribution in [1.82, 2.24) is 9.13 Å². The summed E-state index contributed by atoms with van der Waals surface area (Å²) < 4.78 is 4.61. The zero-order valence-corrected chi connectivity index (χ0v) is 51.7. The van der Waals surface area contributed by atoms with Crippen LogP contribution in [0.2, 0.25) is 0 Å². The number of para-hydroxylation sites is 2. The molecule has 0 unspecified atom stereocenters. The molecule has 0 fully saturated rings. The summed E-state index contributed by atoms with van der Waals surface area (Å²) in [5.41, 5.74) is 7.91. The molecule has 15 rings (SSSR count). The Hall–Kier alpha value is -9.19. The van der Waals surface area contributed by atoms with Gasteiger partial charge in [0.2, 0.25) is 0 Å². The summed E-state index contributed by atoms with van der Waals surface area (Å²) in [7, 11) is 66.9. The second kappa shape index (κ2) is 23.5. The van der Waals surface area contributed by atoms with Crippen molar-refractivity contribution in [3.05, 3.63) is 279 Å². The lowest BCUT2D eigenvalue weighted by Crippen LogP contribution is -2.55. The molecule has 0 saturated heterocycles. The van der Waals surface area contributed by atoms with Gasteiger partial charge in [-0.1, -0.05) is 167 Å². The van der Waals surface area contributed by atoms with Crippen molar-refractivity contribution in [2.75, 3.05) is 0 Å². The van der Waals surface area contributed by atoms with E-state index in [4.69, 9.17) is 78.5 Å². The molecule has 0 aliphatic carbocycles. The van der Waals surface area contributed by atoms with Gasteiger partial charge in [-0.05, 0) is 145 Å². The Balaban J connectivity index is 1.18. The first-order valence-electron chi connectivity index (χ1n) is 30.1. The molecule has 14 heteroatoms. The molecule has 0 N–H and O–H groups in total. The fourth-order valence-electron chi connectivity index (χ4n) is 13.8. The van der Waals surface area contributed by atoms with E-state index in [1.54, 1.807) is 0 Å². The second-order valence-corrected chi connectivity index (χ2v) is 29.2. The summed E-state index contributed by atoms with van der Waals surface area (Å²) in [4.78, 5) is 8.53. The van der Waals surface area contributed by atoms with Crippen LogP contribution in [0.4, 0.5) is 0 Å². The van der Waals surface area contributed by atoms with Gasteiger partial charge >= 0.3 is 0 Å². The number of aromatic nitrogens is 2. The Morgan fingerprint density at radius 1 is 0.207 bits per heavy atom. The highest BCUT2D eigenvalue weighted by atomic mass is 32.3. The third kappa shape index (κ3) is 9.03. The van der Waals surface area contributed by atoms with Crippen LogP contribution in [0.25, 0.3) is 77.2 Å². The predicted molar refractivity (Wildman–Crippen MR) is 400 cm³/mol. The Bertz CT molecular complexity index is 5000. The average Bonchev–Trinajstić information content (AvgIpc) is 1.04. The number of hydrogen-bond donors (Lipinski definition) is 0. The molecule has 2 heterocycles. The number of rotatable bonds is 12. The minimum atomic E-state index is -2.57. The van der Waals surface area contributed by atoms with Crippen LogP contribution in [0.5, 0.6) is 0 Å². The zero-order chi connectivity index (χ0) is 63.2. The van der Waals surface area contributed by atoms with Crippen molar-refractivity contribution >= 4 is 197 Å². The van der Waals surface area contributed by atoms with Gasteiger partial charge in [0.15, 0.2) is 0 Å². The number of hydrogen-bond acceptors (Lipinski definition) is 0. The molecular weight excluding hydrogens is 1140 g/mol. The molecule has 0 bridgehead atoms. The maximum absolute atomic E-state index is 7.49. The van der Waals surface area contributed by atoms with Crippen LogP contribution >= 0.6 is 20.1 Å². The Morgan fingerprint density at radius 3 is 0.848 bits per heavy atom. The van der Waals surface area contributed by atoms with E-state index < -0.39 is 20.1 Å². The second-order valence-electron chi connectivity index (χ2n) is 22.9. The van der Waals surface area contributed by atoms with E-state index in [2.05, 4.69) is 270 Å². The lowest BCUT2D eigenvalue weighted by molar-refractivity contribution is 1.16. The molecule has 0 aliphatic heterocycles. The van der Waals surface area contributed by atoms with Gasteiger partial charge in [-0.2, -0.15) is 0 Å². The van der Waals surface area contributed by atoms with Gasteiger partial charge < -0.3 is 9.13 Å². The normalized spacial score (nSPS) is 12.3. The Kier molecular flexibility index (Phi) is 15.1. The molecule has 15 aromatic rings. The Morgan fingerprint density at radius 2 is 0.489 bits per heavy atom. The van der Waals surface area contributed by atoms with E-state index in [1.807, 2.05) is 18.2 Å². The highest BCUT2D eigenvalue weighted by Crippen LogP contribution is 2.75. The van der Waals surface area contributed by atoms with Crippen molar-refractivity contribution < 1.29 is 0 Å². The first kappa shape index (κ1) is 59.1. The maximum Gasteiger partial charge on any atom is 0.113 e. The van der Waals surface area contributed by atoms with Gasteiger partial charge in [0.25, 0.3) is 0 Å². The molecule has 410 valence electrons. The van der Waals surface area contributed by atoms with E-state index in [0.717, 1.165) is 73.8 Å². The molecule has 0 amide bonds. The van der Waals surface area contributed by atoms with Crippen LogP contribution in [-0.2, 0) is 0 Å². The SMILES string of the molecule is [B]c1c([B])c([B])c(-c2cc(S(c3ccccc3)(c3ccccc3)c3ccccc3)cc(-c3c([B])c([B])c([B])c([B])c3[B])c2-n2c3ccc(-n4c5ccccc5c5ccccc54)cc3c3cc(S(c4ccccc4)(c4ccccc4)c4ccccc4)ccc32)c([B])c1[B]. The summed E-state index contributed by atoms with van der Waals surface area (Å²) >= 11 is 0. The zero-order valence-electron chi connectivity index (χ0n) is 50.0. The monoisotopic (exact) mass is 1180 g/mol. The topological polar surface area (TPSA) is 9.86 Å². The van der Waals surface area contributed by atoms with Gasteiger partial charge in [0, 0.05) is 77.5 Å². The van der Waals surface area contributed by atoms with Crippen LogP contribution in [0.1, 0.15) is 0 Å². The summed E-state index contributed by atoms with van der Waals surface area (Å²) in [6, 6.07) is 99.1. The van der Waals surface area contributed by atoms with Crippen LogP contribution in [-0.4, -0.2) is 87.6 Å². The van der Waals surface area contributed by atoms with E-state index in [1.165, 1.54) is 14.7 Å². The van der Waals surface area contributed by atoms with Crippen LogP contribution in [0.15, 0.2) is 318 Å². The first-order chi connectivity index (χ1) is 44.8. The van der Waals surface area contributed by atoms with E-state index >= 15 is 0 Å². The summed E-state index contributed by atoms with van der Waals surface area (Å²) in [5, 5.41) is 4.14. The van der Waals surface area contributed by atoms with Crippen molar-refractivity contribution in [3.63, 3.8) is 0 Å². The number of fused-ring (bicyclic) bond motifs is 6. The fourth-order valence-corrected chi connectivity index (χ4v) is 21.6. The third-order valence-corrected chi connectivity index (χ3v) is 25.9. The van der Waals surface area contributed by atoms with E-state index in [-0.39, 0.29) is 54.6 Å². The molecule has 0 atom stereocenters. The molecule has 20 radical (unpaired) electrons. The van der Waals surface area contributed by atoms with Gasteiger partial charge in [-0.3, -0.25) is 0 Å². The van der Waals surface area contributed by atoms with E-state index in [9.17, 15) is 0 Å². The average molecular weight is 1180 g/mol. The fraction of sp³-hybridized carbons (Fsp3) is 0. The highest BCUT2D eigenvalue weighted by Gasteiger charge is 2.38. The molecule has 92 heavy (non-hydrogen) atoms. The smallest absolute Gasteiger partial charge is 0.113 e.